The van der Waals surface area contributed by atoms with Gasteiger partial charge in [-0.1, -0.05) is 0 Å². The predicted octanol–water partition coefficient (Wildman–Crippen LogP) is 1.03. The number of rotatable bonds is 2. The predicted molar refractivity (Wildman–Crippen MR) is 46.7 cm³/mol. The molecule has 0 bridgehead atoms. The van der Waals surface area contributed by atoms with E-state index in [0.717, 1.165) is 0 Å². The maximum Gasteiger partial charge on any atom is 0.222 e. The first-order chi connectivity index (χ1) is 6.24. The minimum Gasteiger partial charge on any atom is -0.487 e. The zero-order valence-corrected chi connectivity index (χ0v) is 7.61. The van der Waals surface area contributed by atoms with Gasteiger partial charge in [0.05, 0.1) is 18.5 Å². The van der Waals surface area contributed by atoms with Gasteiger partial charge in [-0.3, -0.25) is 0 Å². The molecule has 0 amide bonds. The number of halogens is 1. The van der Waals surface area contributed by atoms with Gasteiger partial charge in [0.15, 0.2) is 5.75 Å². The molecule has 0 unspecified atom stereocenters. The van der Waals surface area contributed by atoms with Crippen LogP contribution in [-0.2, 0) is 0 Å². The molecule has 0 atom stereocenters. The summed E-state index contributed by atoms with van der Waals surface area (Å²) in [5.41, 5.74) is 0. The first-order valence-electron chi connectivity index (χ1n) is 4.06. The van der Waals surface area contributed by atoms with Gasteiger partial charge in [-0.2, -0.15) is 0 Å². The van der Waals surface area contributed by atoms with Crippen LogP contribution in [-0.4, -0.2) is 27.3 Å². The zero-order chi connectivity index (χ0) is 9.26. The summed E-state index contributed by atoms with van der Waals surface area (Å²) >= 11 is 5.50. The van der Waals surface area contributed by atoms with Gasteiger partial charge < -0.3 is 9.84 Å². The molecule has 1 heterocycles. The van der Waals surface area contributed by atoms with Crippen molar-refractivity contribution in [1.29, 1.82) is 0 Å². The van der Waals surface area contributed by atoms with E-state index in [4.69, 9.17) is 21.4 Å². The van der Waals surface area contributed by atoms with Gasteiger partial charge in [0.1, 0.15) is 6.10 Å². The lowest BCUT2D eigenvalue weighted by molar-refractivity contribution is -0.0111. The molecule has 0 aromatic carbocycles. The molecule has 1 aliphatic rings. The van der Waals surface area contributed by atoms with E-state index < -0.39 is 0 Å². The molecule has 1 aromatic heterocycles. The number of hydrogen-bond acceptors (Lipinski definition) is 4. The summed E-state index contributed by atoms with van der Waals surface area (Å²) in [6.45, 7) is 0. The van der Waals surface area contributed by atoms with Crippen LogP contribution in [0.2, 0.25) is 5.28 Å². The Morgan fingerprint density at radius 1 is 1.38 bits per heavy atom. The van der Waals surface area contributed by atoms with Crippen LogP contribution in [0.4, 0.5) is 0 Å². The van der Waals surface area contributed by atoms with Gasteiger partial charge in [0.2, 0.25) is 5.28 Å². The Hall–Kier alpha value is -0.870. The van der Waals surface area contributed by atoms with Gasteiger partial charge in [0, 0.05) is 12.8 Å². The normalized spacial score (nSPS) is 26.6. The molecule has 1 saturated carbocycles. The van der Waals surface area contributed by atoms with Crippen molar-refractivity contribution in [2.75, 3.05) is 0 Å². The lowest BCUT2D eigenvalue weighted by Crippen LogP contribution is -2.37. The summed E-state index contributed by atoms with van der Waals surface area (Å²) in [7, 11) is 0. The Kier molecular flexibility index (Phi) is 2.33. The Labute approximate surface area is 80.5 Å². The molecule has 13 heavy (non-hydrogen) atoms. The average Bonchev–Trinajstić information content (AvgIpc) is 2.06. The monoisotopic (exact) mass is 200 g/mol. The van der Waals surface area contributed by atoms with Crippen LogP contribution in [0.1, 0.15) is 12.8 Å². The van der Waals surface area contributed by atoms with Crippen molar-refractivity contribution in [2.24, 2.45) is 0 Å². The number of hydrogen-bond donors (Lipinski definition) is 1. The molecule has 1 aromatic rings. The summed E-state index contributed by atoms with van der Waals surface area (Å²) in [6, 6.07) is 0. The van der Waals surface area contributed by atoms with Crippen LogP contribution in [0, 0.1) is 0 Å². The minimum atomic E-state index is -0.210. The molecule has 70 valence electrons. The van der Waals surface area contributed by atoms with Crippen molar-refractivity contribution in [2.45, 2.75) is 25.0 Å². The van der Waals surface area contributed by atoms with E-state index in [1.54, 1.807) is 0 Å². The van der Waals surface area contributed by atoms with Gasteiger partial charge in [-0.15, -0.1) is 0 Å². The van der Waals surface area contributed by atoms with E-state index in [2.05, 4.69) is 9.97 Å². The molecule has 1 fully saturated rings. The zero-order valence-electron chi connectivity index (χ0n) is 6.85. The highest BCUT2D eigenvalue weighted by Gasteiger charge is 2.28. The molecule has 0 spiro atoms. The third kappa shape index (κ3) is 2.08. The first-order valence-corrected chi connectivity index (χ1v) is 4.44. The molecule has 0 aliphatic heterocycles. The smallest absolute Gasteiger partial charge is 0.222 e. The fourth-order valence-corrected chi connectivity index (χ4v) is 1.29. The Balaban J connectivity index is 1.91. The van der Waals surface area contributed by atoms with Gasteiger partial charge in [-0.05, 0) is 11.6 Å². The van der Waals surface area contributed by atoms with E-state index in [9.17, 15) is 0 Å². The molecule has 1 aliphatic carbocycles. The Morgan fingerprint density at radius 3 is 2.54 bits per heavy atom. The summed E-state index contributed by atoms with van der Waals surface area (Å²) < 4.78 is 5.43. The molecular weight excluding hydrogens is 192 g/mol. The van der Waals surface area contributed by atoms with Crippen LogP contribution < -0.4 is 4.74 Å². The van der Waals surface area contributed by atoms with Crippen molar-refractivity contribution >= 4 is 11.6 Å². The maximum absolute atomic E-state index is 9.01. The van der Waals surface area contributed by atoms with Crippen LogP contribution >= 0.6 is 11.6 Å². The second-order valence-corrected chi connectivity index (χ2v) is 3.39. The van der Waals surface area contributed by atoms with Crippen molar-refractivity contribution in [3.63, 3.8) is 0 Å². The topological polar surface area (TPSA) is 55.2 Å². The largest absolute Gasteiger partial charge is 0.487 e. The summed E-state index contributed by atoms with van der Waals surface area (Å²) in [6.07, 6.45) is 4.31. The molecular formula is C8H9ClN2O2. The maximum atomic E-state index is 9.01. The Bertz CT molecular complexity index is 285. The van der Waals surface area contributed by atoms with Crippen molar-refractivity contribution in [1.82, 2.24) is 9.97 Å². The second-order valence-electron chi connectivity index (χ2n) is 3.05. The molecule has 4 nitrogen and oxygen atoms in total. The number of aromatic nitrogens is 2. The van der Waals surface area contributed by atoms with E-state index in [0.29, 0.717) is 18.6 Å². The number of aliphatic hydroxyl groups is 1. The lowest BCUT2D eigenvalue weighted by Gasteiger charge is -2.31. The molecule has 0 radical (unpaired) electrons. The van der Waals surface area contributed by atoms with E-state index >= 15 is 0 Å². The van der Waals surface area contributed by atoms with E-state index in [1.165, 1.54) is 12.4 Å². The van der Waals surface area contributed by atoms with Crippen LogP contribution in [0.15, 0.2) is 12.4 Å². The molecule has 0 saturated heterocycles. The van der Waals surface area contributed by atoms with Crippen LogP contribution in [0.5, 0.6) is 5.75 Å². The van der Waals surface area contributed by atoms with Crippen molar-refractivity contribution in [3.8, 4) is 5.75 Å². The third-order valence-electron chi connectivity index (χ3n) is 1.97. The fraction of sp³-hybridized carbons (Fsp3) is 0.500. The van der Waals surface area contributed by atoms with Crippen molar-refractivity contribution in [3.05, 3.63) is 17.7 Å². The number of nitrogens with zero attached hydrogens (tertiary/aromatic N) is 2. The fourth-order valence-electron chi connectivity index (χ4n) is 1.19. The highest BCUT2D eigenvalue weighted by molar-refractivity contribution is 6.28. The third-order valence-corrected chi connectivity index (χ3v) is 2.16. The highest BCUT2D eigenvalue weighted by Crippen LogP contribution is 2.24. The van der Waals surface area contributed by atoms with Crippen molar-refractivity contribution < 1.29 is 9.84 Å². The van der Waals surface area contributed by atoms with Crippen LogP contribution in [0.3, 0.4) is 0 Å². The minimum absolute atomic E-state index is 0.0970. The van der Waals surface area contributed by atoms with Crippen LogP contribution in [0.25, 0.3) is 0 Å². The summed E-state index contributed by atoms with van der Waals surface area (Å²) in [4.78, 5) is 7.55. The number of ether oxygens (including phenoxy) is 1. The highest BCUT2D eigenvalue weighted by atomic mass is 35.5. The molecule has 5 heteroatoms. The quantitative estimate of drug-likeness (QED) is 0.725. The second kappa shape index (κ2) is 3.47. The van der Waals surface area contributed by atoms with Gasteiger partial charge in [0.25, 0.3) is 0 Å². The summed E-state index contributed by atoms with van der Waals surface area (Å²) in [5.74, 6) is 0.598. The standard InChI is InChI=1S/C8H9ClN2O2/c9-8-10-3-7(4-11-8)13-6-1-5(12)2-6/h3-6,12H,1-2H2. The van der Waals surface area contributed by atoms with E-state index in [-0.39, 0.29) is 17.5 Å². The van der Waals surface area contributed by atoms with Gasteiger partial charge in [-0.25, -0.2) is 9.97 Å². The lowest BCUT2D eigenvalue weighted by atomic mass is 9.92. The molecule has 1 N–H and O–H groups in total. The number of aliphatic hydroxyl groups excluding tert-OH is 1. The summed E-state index contributed by atoms with van der Waals surface area (Å²) in [5, 5.41) is 9.22. The SMILES string of the molecule is OC1CC(Oc2cnc(Cl)nc2)C1. The van der Waals surface area contributed by atoms with Gasteiger partial charge >= 0.3 is 0 Å². The first kappa shape index (κ1) is 8.72. The molecule has 2 rings (SSSR count). The van der Waals surface area contributed by atoms with E-state index in [1.807, 2.05) is 0 Å². The Morgan fingerprint density at radius 2 is 2.00 bits per heavy atom. The average molecular weight is 201 g/mol.